The van der Waals surface area contributed by atoms with Crippen molar-refractivity contribution in [1.29, 1.82) is 0 Å². The molecule has 0 aliphatic rings. The number of carbonyl (C=O) groups is 1. The van der Waals surface area contributed by atoms with Gasteiger partial charge in [-0.2, -0.15) is 10.1 Å². The Morgan fingerprint density at radius 2 is 1.91 bits per heavy atom. The molecular formula is C23H21ClN8O. The van der Waals surface area contributed by atoms with Crippen LogP contribution >= 0.6 is 11.6 Å². The maximum absolute atomic E-state index is 11.7. The Bertz CT molecular complexity index is 1330. The number of hydrogen-bond donors (Lipinski definition) is 3. The average Bonchev–Trinajstić information content (AvgIpc) is 3.20. The Morgan fingerprint density at radius 3 is 2.64 bits per heavy atom. The van der Waals surface area contributed by atoms with Crippen LogP contribution < -0.4 is 16.0 Å². The van der Waals surface area contributed by atoms with Crippen molar-refractivity contribution in [1.82, 2.24) is 24.7 Å². The van der Waals surface area contributed by atoms with Crippen LogP contribution in [0, 0.1) is 6.92 Å². The van der Waals surface area contributed by atoms with Gasteiger partial charge >= 0.3 is 0 Å². The van der Waals surface area contributed by atoms with E-state index in [0.29, 0.717) is 22.6 Å². The summed E-state index contributed by atoms with van der Waals surface area (Å²) in [5, 5.41) is 13.8. The van der Waals surface area contributed by atoms with Gasteiger partial charge in [-0.1, -0.05) is 24.2 Å². The molecule has 0 saturated carbocycles. The molecule has 0 unspecified atom stereocenters. The first-order chi connectivity index (χ1) is 15.9. The molecule has 1 amide bonds. The molecule has 3 aromatic heterocycles. The van der Waals surface area contributed by atoms with Gasteiger partial charge in [0.1, 0.15) is 11.0 Å². The van der Waals surface area contributed by atoms with Crippen LogP contribution in [0.15, 0.2) is 67.8 Å². The topological polar surface area (TPSA) is 110 Å². The highest BCUT2D eigenvalue weighted by Crippen LogP contribution is 2.31. The Labute approximate surface area is 195 Å². The smallest absolute Gasteiger partial charge is 0.247 e. The number of amides is 1. The Kier molecular flexibility index (Phi) is 6.32. The third-order valence-corrected chi connectivity index (χ3v) is 5.05. The summed E-state index contributed by atoms with van der Waals surface area (Å²) < 4.78 is 1.68. The lowest BCUT2D eigenvalue weighted by Crippen LogP contribution is -2.07. The molecule has 0 fully saturated rings. The molecule has 4 aromatic rings. The van der Waals surface area contributed by atoms with Crippen molar-refractivity contribution in [2.45, 2.75) is 6.92 Å². The van der Waals surface area contributed by atoms with Crippen molar-refractivity contribution >= 4 is 46.3 Å². The lowest BCUT2D eigenvalue weighted by atomic mass is 10.1. The van der Waals surface area contributed by atoms with Crippen molar-refractivity contribution in [3.05, 3.63) is 78.5 Å². The van der Waals surface area contributed by atoms with E-state index in [1.165, 1.54) is 6.08 Å². The second-order valence-electron chi connectivity index (χ2n) is 7.21. The fourth-order valence-electron chi connectivity index (χ4n) is 3.07. The van der Waals surface area contributed by atoms with Crippen molar-refractivity contribution in [2.24, 2.45) is 7.05 Å². The summed E-state index contributed by atoms with van der Waals surface area (Å²) >= 11 is 6.11. The van der Waals surface area contributed by atoms with Crippen LogP contribution in [0.5, 0.6) is 0 Å². The van der Waals surface area contributed by atoms with Crippen LogP contribution in [0.25, 0.3) is 11.1 Å². The van der Waals surface area contributed by atoms with E-state index in [1.54, 1.807) is 35.4 Å². The van der Waals surface area contributed by atoms with E-state index in [2.05, 4.69) is 42.6 Å². The Hall–Kier alpha value is -4.24. The highest BCUT2D eigenvalue weighted by molar-refractivity contribution is 6.30. The normalized spacial score (nSPS) is 10.5. The fourth-order valence-corrected chi connectivity index (χ4v) is 3.18. The van der Waals surface area contributed by atoms with Gasteiger partial charge in [0.25, 0.3) is 0 Å². The molecule has 4 rings (SSSR count). The number of carbonyl (C=O) groups excluding carboxylic acids is 1. The molecule has 0 aliphatic heterocycles. The van der Waals surface area contributed by atoms with Gasteiger partial charge in [0, 0.05) is 48.1 Å². The first kappa shape index (κ1) is 22.0. The molecule has 3 heterocycles. The van der Waals surface area contributed by atoms with Gasteiger partial charge in [-0.3, -0.25) is 9.48 Å². The summed E-state index contributed by atoms with van der Waals surface area (Å²) in [6, 6.07) is 9.20. The predicted molar refractivity (Wildman–Crippen MR) is 130 cm³/mol. The van der Waals surface area contributed by atoms with Gasteiger partial charge in [0.15, 0.2) is 0 Å². The van der Waals surface area contributed by atoms with E-state index >= 15 is 0 Å². The van der Waals surface area contributed by atoms with Crippen LogP contribution in [-0.4, -0.2) is 30.6 Å². The van der Waals surface area contributed by atoms with E-state index in [4.69, 9.17) is 11.6 Å². The van der Waals surface area contributed by atoms with Crippen molar-refractivity contribution in [3.63, 3.8) is 0 Å². The standard InChI is InChI=1S/C23H21ClN8O/c1-4-20(33)28-16-6-5-7-17(9-16)29-22-19(15-8-14(2)21(24)25-10-15)12-26-23(31-22)30-18-11-27-32(3)13-18/h4-13H,1H2,2-3H3,(H,28,33)(H2,26,29,30,31). The van der Waals surface area contributed by atoms with Gasteiger partial charge in [-0.15, -0.1) is 0 Å². The molecule has 3 N–H and O–H groups in total. The largest absolute Gasteiger partial charge is 0.339 e. The lowest BCUT2D eigenvalue weighted by Gasteiger charge is -2.14. The summed E-state index contributed by atoms with van der Waals surface area (Å²) in [7, 11) is 1.83. The Balaban J connectivity index is 1.71. The number of nitrogens with zero attached hydrogens (tertiary/aromatic N) is 5. The van der Waals surface area contributed by atoms with Crippen molar-refractivity contribution < 1.29 is 4.79 Å². The number of nitrogens with one attached hydrogen (secondary N) is 3. The number of hydrogen-bond acceptors (Lipinski definition) is 7. The molecule has 0 atom stereocenters. The molecule has 0 spiro atoms. The Morgan fingerprint density at radius 1 is 1.09 bits per heavy atom. The van der Waals surface area contributed by atoms with Crippen LogP contribution in [0.4, 0.5) is 28.8 Å². The summed E-state index contributed by atoms with van der Waals surface area (Å²) in [6.45, 7) is 5.36. The van der Waals surface area contributed by atoms with Crippen LogP contribution in [-0.2, 0) is 11.8 Å². The minimum atomic E-state index is -0.291. The molecule has 1 aromatic carbocycles. The summed E-state index contributed by atoms with van der Waals surface area (Å²) in [5.41, 5.74) is 4.49. The van der Waals surface area contributed by atoms with E-state index < -0.39 is 0 Å². The highest BCUT2D eigenvalue weighted by Gasteiger charge is 2.13. The number of benzene rings is 1. The first-order valence-corrected chi connectivity index (χ1v) is 10.3. The van der Waals surface area contributed by atoms with Crippen molar-refractivity contribution in [2.75, 3.05) is 16.0 Å². The molecule has 10 heteroatoms. The quantitative estimate of drug-likeness (QED) is 0.267. The van der Waals surface area contributed by atoms with Crippen molar-refractivity contribution in [3.8, 4) is 11.1 Å². The van der Waals surface area contributed by atoms with Crippen LogP contribution in [0.2, 0.25) is 5.15 Å². The highest BCUT2D eigenvalue weighted by atomic mass is 35.5. The van der Waals surface area contributed by atoms with Gasteiger partial charge in [-0.25, -0.2) is 9.97 Å². The van der Waals surface area contributed by atoms with E-state index in [-0.39, 0.29) is 5.91 Å². The second kappa shape index (κ2) is 9.49. The SMILES string of the molecule is C=CC(=O)Nc1cccc(Nc2nc(Nc3cnn(C)c3)ncc2-c2cnc(Cl)c(C)c2)c1. The molecule has 33 heavy (non-hydrogen) atoms. The summed E-state index contributed by atoms with van der Waals surface area (Å²) in [4.78, 5) is 25.0. The number of halogens is 1. The zero-order valence-corrected chi connectivity index (χ0v) is 18.8. The molecular weight excluding hydrogens is 440 g/mol. The third-order valence-electron chi connectivity index (χ3n) is 4.65. The molecule has 0 aliphatic carbocycles. The molecule has 0 saturated heterocycles. The molecule has 166 valence electrons. The maximum Gasteiger partial charge on any atom is 0.247 e. The maximum atomic E-state index is 11.7. The van der Waals surface area contributed by atoms with Gasteiger partial charge < -0.3 is 16.0 Å². The average molecular weight is 461 g/mol. The number of rotatable bonds is 7. The number of aromatic nitrogens is 5. The van der Waals surface area contributed by atoms with Gasteiger partial charge in [0.05, 0.1) is 11.9 Å². The lowest BCUT2D eigenvalue weighted by molar-refractivity contribution is -0.111. The summed E-state index contributed by atoms with van der Waals surface area (Å²) in [5.74, 6) is 0.650. The van der Waals surface area contributed by atoms with E-state index in [1.807, 2.05) is 38.4 Å². The molecule has 0 bridgehead atoms. The fraction of sp³-hybridized carbons (Fsp3) is 0.0870. The van der Waals surface area contributed by atoms with Crippen LogP contribution in [0.1, 0.15) is 5.56 Å². The minimum absolute atomic E-state index is 0.291. The zero-order valence-electron chi connectivity index (χ0n) is 18.0. The minimum Gasteiger partial charge on any atom is -0.339 e. The van der Waals surface area contributed by atoms with Gasteiger partial charge in [-0.05, 0) is 42.8 Å². The van der Waals surface area contributed by atoms with E-state index in [0.717, 1.165) is 28.1 Å². The first-order valence-electron chi connectivity index (χ1n) is 9.97. The predicted octanol–water partition coefficient (Wildman–Crippen LogP) is 4.85. The number of aryl methyl sites for hydroxylation is 2. The van der Waals surface area contributed by atoms with E-state index in [9.17, 15) is 4.79 Å². The molecule has 9 nitrogen and oxygen atoms in total. The molecule has 0 radical (unpaired) electrons. The van der Waals surface area contributed by atoms with Crippen LogP contribution in [0.3, 0.4) is 0 Å². The number of pyridine rings is 1. The number of anilines is 5. The second-order valence-corrected chi connectivity index (χ2v) is 7.57. The van der Waals surface area contributed by atoms with Gasteiger partial charge in [0.2, 0.25) is 11.9 Å². The monoisotopic (exact) mass is 460 g/mol. The zero-order chi connectivity index (χ0) is 23.4. The summed E-state index contributed by atoms with van der Waals surface area (Å²) in [6.07, 6.45) is 8.11. The third kappa shape index (κ3) is 5.34.